The summed E-state index contributed by atoms with van der Waals surface area (Å²) >= 11 is 11.1. The average Bonchev–Trinajstić information content (AvgIpc) is 2.30. The largest absolute Gasteiger partial charge is 0.350 e. The lowest BCUT2D eigenvalue weighted by Crippen LogP contribution is -2.23. The number of nitrogens with zero attached hydrogens (tertiary/aromatic N) is 2. The molecule has 0 bridgehead atoms. The molecule has 0 aliphatic heterocycles. The van der Waals surface area contributed by atoms with Gasteiger partial charge in [-0.05, 0) is 0 Å². The Labute approximate surface area is 104 Å². The number of halogens is 2. The molecule has 16 heavy (non-hydrogen) atoms. The molecule has 0 aromatic heterocycles. The predicted molar refractivity (Wildman–Crippen MR) is 64.2 cm³/mol. The molecule has 88 valence electrons. The number of rotatable bonds is 6. The first kappa shape index (κ1) is 13.2. The fourth-order valence-corrected chi connectivity index (χ4v) is 1.39. The molecule has 0 spiro atoms. The number of hydrogen-bond acceptors (Lipinski definition) is 3. The molecule has 0 radical (unpaired) electrons. The van der Waals surface area contributed by atoms with Crippen LogP contribution < -0.4 is 0 Å². The van der Waals surface area contributed by atoms with Crippen LogP contribution in [0.15, 0.2) is 35.6 Å². The van der Waals surface area contributed by atoms with E-state index in [1.807, 2.05) is 30.3 Å². The number of benzene rings is 1. The Morgan fingerprint density at radius 1 is 1.38 bits per heavy atom. The van der Waals surface area contributed by atoms with Crippen molar-refractivity contribution in [2.45, 2.75) is 11.1 Å². The molecular weight excluding hydrogens is 251 g/mol. The van der Waals surface area contributed by atoms with Gasteiger partial charge < -0.3 is 4.74 Å². The first-order valence-electron chi connectivity index (χ1n) is 4.66. The van der Waals surface area contributed by atoms with Crippen molar-refractivity contribution >= 4 is 23.2 Å². The Morgan fingerprint density at radius 3 is 2.50 bits per heavy atom. The molecule has 1 unspecified atom stereocenters. The Hall–Kier alpha value is -0.840. The van der Waals surface area contributed by atoms with Crippen molar-refractivity contribution in [2.24, 2.45) is 5.29 Å². The van der Waals surface area contributed by atoms with Crippen LogP contribution in [0.3, 0.4) is 0 Å². The molecule has 0 fully saturated rings. The van der Waals surface area contributed by atoms with Crippen LogP contribution in [0.2, 0.25) is 0 Å². The summed E-state index contributed by atoms with van der Waals surface area (Å²) < 4.78 is 5.41. The first-order chi connectivity index (χ1) is 7.65. The van der Waals surface area contributed by atoms with E-state index in [-0.39, 0.29) is 6.61 Å². The maximum absolute atomic E-state index is 10.5. The summed E-state index contributed by atoms with van der Waals surface area (Å²) in [6, 6.07) is 9.25. The van der Waals surface area contributed by atoms with Crippen LogP contribution in [0, 0.1) is 4.91 Å². The van der Waals surface area contributed by atoms with E-state index in [0.29, 0.717) is 0 Å². The van der Waals surface area contributed by atoms with E-state index in [9.17, 15) is 4.91 Å². The van der Waals surface area contributed by atoms with Gasteiger partial charge in [0.1, 0.15) is 4.84 Å². The standard InChI is InChI=1S/C10H12Cl2N2O2/c1-14(13-15)10(16-7-9(11)12)8-5-3-2-4-6-8/h2-6,9-10H,7H2,1H3. The van der Waals surface area contributed by atoms with E-state index in [1.54, 1.807) is 0 Å². The van der Waals surface area contributed by atoms with Crippen molar-refractivity contribution in [1.82, 2.24) is 5.01 Å². The van der Waals surface area contributed by atoms with Crippen molar-refractivity contribution in [1.29, 1.82) is 0 Å². The highest BCUT2D eigenvalue weighted by Gasteiger charge is 2.18. The molecule has 0 aliphatic rings. The SMILES string of the molecule is CN(N=O)C(OCC(Cl)Cl)c1ccccc1. The van der Waals surface area contributed by atoms with Gasteiger partial charge in [0.05, 0.1) is 11.9 Å². The quantitative estimate of drug-likeness (QED) is 0.342. The summed E-state index contributed by atoms with van der Waals surface area (Å²) in [5, 5.41) is 3.99. The van der Waals surface area contributed by atoms with Gasteiger partial charge in [-0.1, -0.05) is 30.3 Å². The first-order valence-corrected chi connectivity index (χ1v) is 5.53. The monoisotopic (exact) mass is 262 g/mol. The number of nitroso groups, excluding NO2 is 1. The summed E-state index contributed by atoms with van der Waals surface area (Å²) in [4.78, 5) is 9.86. The van der Waals surface area contributed by atoms with Gasteiger partial charge in [0.25, 0.3) is 0 Å². The van der Waals surface area contributed by atoms with Gasteiger partial charge >= 0.3 is 0 Å². The zero-order valence-corrected chi connectivity index (χ0v) is 10.2. The van der Waals surface area contributed by atoms with Crippen molar-refractivity contribution < 1.29 is 4.74 Å². The normalized spacial score (nSPS) is 12.5. The highest BCUT2D eigenvalue weighted by atomic mass is 35.5. The lowest BCUT2D eigenvalue weighted by atomic mass is 10.2. The van der Waals surface area contributed by atoms with Gasteiger partial charge in [0, 0.05) is 12.6 Å². The van der Waals surface area contributed by atoms with Crippen molar-refractivity contribution in [3.05, 3.63) is 40.8 Å². The van der Waals surface area contributed by atoms with Crippen molar-refractivity contribution in [2.75, 3.05) is 13.7 Å². The van der Waals surface area contributed by atoms with Crippen LogP contribution in [-0.4, -0.2) is 23.5 Å². The van der Waals surface area contributed by atoms with E-state index >= 15 is 0 Å². The number of hydrogen-bond donors (Lipinski definition) is 0. The van der Waals surface area contributed by atoms with Crippen LogP contribution in [0.4, 0.5) is 0 Å². The Kier molecular flexibility index (Phi) is 5.52. The third-order valence-electron chi connectivity index (χ3n) is 1.93. The molecule has 0 saturated heterocycles. The molecule has 0 heterocycles. The third kappa shape index (κ3) is 3.96. The van der Waals surface area contributed by atoms with E-state index in [4.69, 9.17) is 27.9 Å². The van der Waals surface area contributed by atoms with Crippen molar-refractivity contribution in [3.63, 3.8) is 0 Å². The highest BCUT2D eigenvalue weighted by Crippen LogP contribution is 2.21. The summed E-state index contributed by atoms with van der Waals surface area (Å²) in [5.41, 5.74) is 0.818. The minimum absolute atomic E-state index is 0.128. The smallest absolute Gasteiger partial charge is 0.174 e. The summed E-state index contributed by atoms with van der Waals surface area (Å²) in [6.45, 7) is 0.128. The van der Waals surface area contributed by atoms with E-state index in [0.717, 1.165) is 5.56 Å². The van der Waals surface area contributed by atoms with Crippen LogP contribution >= 0.6 is 23.2 Å². The summed E-state index contributed by atoms with van der Waals surface area (Å²) in [5.74, 6) is 0. The number of ether oxygens (including phenoxy) is 1. The van der Waals surface area contributed by atoms with E-state index in [1.165, 1.54) is 12.1 Å². The second kappa shape index (κ2) is 6.68. The third-order valence-corrected chi connectivity index (χ3v) is 2.18. The summed E-state index contributed by atoms with van der Waals surface area (Å²) in [7, 11) is 1.53. The second-order valence-corrected chi connectivity index (χ2v) is 4.42. The summed E-state index contributed by atoms with van der Waals surface area (Å²) in [6.07, 6.45) is -0.571. The van der Waals surface area contributed by atoms with E-state index in [2.05, 4.69) is 5.29 Å². The molecule has 6 heteroatoms. The Morgan fingerprint density at radius 2 is 2.00 bits per heavy atom. The van der Waals surface area contributed by atoms with Gasteiger partial charge in [-0.2, -0.15) is 0 Å². The predicted octanol–water partition coefficient (Wildman–Crippen LogP) is 3.12. The van der Waals surface area contributed by atoms with Crippen LogP contribution in [0.25, 0.3) is 0 Å². The molecule has 1 aromatic carbocycles. The molecule has 0 saturated carbocycles. The average molecular weight is 263 g/mol. The number of alkyl halides is 2. The van der Waals surface area contributed by atoms with Gasteiger partial charge in [-0.15, -0.1) is 28.1 Å². The lowest BCUT2D eigenvalue weighted by Gasteiger charge is -2.23. The maximum Gasteiger partial charge on any atom is 0.174 e. The Bertz CT molecular complexity index is 322. The maximum atomic E-state index is 10.5. The van der Waals surface area contributed by atoms with E-state index < -0.39 is 11.1 Å². The molecule has 0 amide bonds. The highest BCUT2D eigenvalue weighted by molar-refractivity contribution is 6.44. The zero-order valence-electron chi connectivity index (χ0n) is 8.72. The minimum atomic E-state index is -0.633. The fraction of sp³-hybridized carbons (Fsp3) is 0.400. The van der Waals surface area contributed by atoms with Gasteiger partial charge in [0.2, 0.25) is 0 Å². The van der Waals surface area contributed by atoms with Gasteiger partial charge in [0.15, 0.2) is 6.23 Å². The molecule has 0 aliphatic carbocycles. The second-order valence-electron chi connectivity index (χ2n) is 3.14. The van der Waals surface area contributed by atoms with Crippen molar-refractivity contribution in [3.8, 4) is 0 Å². The fourth-order valence-electron chi connectivity index (χ4n) is 1.24. The van der Waals surface area contributed by atoms with Gasteiger partial charge in [-0.25, -0.2) is 5.01 Å². The topological polar surface area (TPSA) is 41.9 Å². The van der Waals surface area contributed by atoms with Gasteiger partial charge in [-0.3, -0.25) is 0 Å². The van der Waals surface area contributed by atoms with Crippen LogP contribution in [0.1, 0.15) is 11.8 Å². The Balaban J connectivity index is 2.75. The molecule has 0 N–H and O–H groups in total. The molecular formula is C10H12Cl2N2O2. The zero-order chi connectivity index (χ0) is 12.0. The minimum Gasteiger partial charge on any atom is -0.350 e. The molecule has 4 nitrogen and oxygen atoms in total. The van der Waals surface area contributed by atoms with Crippen LogP contribution in [0.5, 0.6) is 0 Å². The molecule has 1 atom stereocenters. The lowest BCUT2D eigenvalue weighted by molar-refractivity contribution is -0.0462. The molecule has 1 aromatic rings. The van der Waals surface area contributed by atoms with Crippen LogP contribution in [-0.2, 0) is 4.74 Å². The molecule has 1 rings (SSSR count).